The number of nitrogens with zero attached hydrogens (tertiary/aromatic N) is 1. The number of amides is 1. The van der Waals surface area contributed by atoms with Crippen molar-refractivity contribution in [2.75, 3.05) is 18.8 Å². The lowest BCUT2D eigenvalue weighted by Crippen LogP contribution is -2.54. The molecule has 18 heavy (non-hydrogen) atoms. The molecule has 1 aliphatic rings. The maximum Gasteiger partial charge on any atom is 0.237 e. The molecular formula is C13H18FN3O. The third kappa shape index (κ3) is 2.79. The molecule has 2 rings (SSSR count). The predicted octanol–water partition coefficient (Wildman–Crippen LogP) is 1.12. The summed E-state index contributed by atoms with van der Waals surface area (Å²) in [5.74, 6) is -0.285. The Hall–Kier alpha value is -1.62. The summed E-state index contributed by atoms with van der Waals surface area (Å²) in [5, 5.41) is 2.84. The van der Waals surface area contributed by atoms with Gasteiger partial charge in [0.05, 0.1) is 6.04 Å². The first-order chi connectivity index (χ1) is 8.60. The van der Waals surface area contributed by atoms with Crippen LogP contribution in [0.4, 0.5) is 10.1 Å². The number of benzene rings is 1. The quantitative estimate of drug-likeness (QED) is 0.791. The van der Waals surface area contributed by atoms with Crippen molar-refractivity contribution in [2.24, 2.45) is 0 Å². The summed E-state index contributed by atoms with van der Waals surface area (Å²) in [5.41, 5.74) is 6.84. The molecule has 1 saturated heterocycles. The van der Waals surface area contributed by atoms with Crippen LogP contribution in [0.1, 0.15) is 18.9 Å². The summed E-state index contributed by atoms with van der Waals surface area (Å²) >= 11 is 0. The third-order valence-electron chi connectivity index (χ3n) is 3.19. The Morgan fingerprint density at radius 1 is 1.50 bits per heavy atom. The Bertz CT molecular complexity index is 430. The van der Waals surface area contributed by atoms with Crippen LogP contribution in [-0.2, 0) is 11.3 Å². The number of hydrogen-bond donors (Lipinski definition) is 2. The molecule has 0 aromatic heterocycles. The molecule has 0 spiro atoms. The molecule has 1 fully saturated rings. The monoisotopic (exact) mass is 251 g/mol. The van der Waals surface area contributed by atoms with Crippen LogP contribution in [0, 0.1) is 5.82 Å². The molecule has 1 heterocycles. The van der Waals surface area contributed by atoms with Gasteiger partial charge >= 0.3 is 0 Å². The number of carbonyl (C=O) groups is 1. The molecule has 1 unspecified atom stereocenters. The maximum absolute atomic E-state index is 13.3. The lowest BCUT2D eigenvalue weighted by Gasteiger charge is -2.34. The fourth-order valence-electron chi connectivity index (χ4n) is 2.40. The standard InChI is InChI=1S/C13H18FN3O/c1-2-12-13(18)16-3-4-17(12)8-9-5-10(14)7-11(15)6-9/h5-7,12H,2-4,8,15H2,1H3,(H,16,18). The van der Waals surface area contributed by atoms with Crippen LogP contribution in [0.3, 0.4) is 0 Å². The van der Waals surface area contributed by atoms with Crippen molar-refractivity contribution in [3.63, 3.8) is 0 Å². The number of piperazine rings is 1. The summed E-state index contributed by atoms with van der Waals surface area (Å²) < 4.78 is 13.3. The molecule has 5 heteroatoms. The number of rotatable bonds is 3. The van der Waals surface area contributed by atoms with Gasteiger partial charge in [0.25, 0.3) is 0 Å². The minimum atomic E-state index is -0.334. The molecule has 3 N–H and O–H groups in total. The van der Waals surface area contributed by atoms with Crippen LogP contribution in [-0.4, -0.2) is 29.9 Å². The maximum atomic E-state index is 13.3. The number of hydrogen-bond acceptors (Lipinski definition) is 3. The highest BCUT2D eigenvalue weighted by atomic mass is 19.1. The van der Waals surface area contributed by atoms with Crippen LogP contribution in [0.25, 0.3) is 0 Å². The molecule has 0 radical (unpaired) electrons. The number of anilines is 1. The van der Waals surface area contributed by atoms with E-state index in [1.807, 2.05) is 6.92 Å². The van der Waals surface area contributed by atoms with Gasteiger partial charge in [-0.15, -0.1) is 0 Å². The van der Waals surface area contributed by atoms with Crippen molar-refractivity contribution < 1.29 is 9.18 Å². The summed E-state index contributed by atoms with van der Waals surface area (Å²) in [7, 11) is 0. The highest BCUT2D eigenvalue weighted by molar-refractivity contribution is 5.82. The highest BCUT2D eigenvalue weighted by Gasteiger charge is 2.27. The summed E-state index contributed by atoms with van der Waals surface area (Å²) in [6.07, 6.45) is 0.747. The third-order valence-corrected chi connectivity index (χ3v) is 3.19. The van der Waals surface area contributed by atoms with E-state index < -0.39 is 0 Å². The number of nitrogens with one attached hydrogen (secondary N) is 1. The van der Waals surface area contributed by atoms with Gasteiger partial charge in [0.2, 0.25) is 5.91 Å². The van der Waals surface area contributed by atoms with Gasteiger partial charge in [-0.25, -0.2) is 4.39 Å². The van der Waals surface area contributed by atoms with Crippen LogP contribution < -0.4 is 11.1 Å². The second kappa shape index (κ2) is 5.35. The molecule has 4 nitrogen and oxygen atoms in total. The van der Waals surface area contributed by atoms with Crippen molar-refractivity contribution in [1.82, 2.24) is 10.2 Å². The number of nitrogen functional groups attached to an aromatic ring is 1. The molecule has 1 aromatic rings. The van der Waals surface area contributed by atoms with E-state index in [1.54, 1.807) is 6.07 Å². The van der Waals surface area contributed by atoms with E-state index in [1.165, 1.54) is 12.1 Å². The molecule has 1 atom stereocenters. The smallest absolute Gasteiger partial charge is 0.237 e. The van der Waals surface area contributed by atoms with Crippen molar-refractivity contribution in [1.29, 1.82) is 0 Å². The zero-order valence-corrected chi connectivity index (χ0v) is 10.4. The van der Waals surface area contributed by atoms with Gasteiger partial charge in [-0.05, 0) is 30.2 Å². The van der Waals surface area contributed by atoms with E-state index in [4.69, 9.17) is 5.73 Å². The van der Waals surface area contributed by atoms with Crippen LogP contribution in [0.15, 0.2) is 18.2 Å². The summed E-state index contributed by atoms with van der Waals surface area (Å²) in [6, 6.07) is 4.38. The van der Waals surface area contributed by atoms with Crippen LogP contribution >= 0.6 is 0 Å². The molecule has 0 bridgehead atoms. The SMILES string of the molecule is CCC1C(=O)NCCN1Cc1cc(N)cc(F)c1. The molecule has 98 valence electrons. The van der Waals surface area contributed by atoms with Gasteiger partial charge < -0.3 is 11.1 Å². The largest absolute Gasteiger partial charge is 0.399 e. The minimum Gasteiger partial charge on any atom is -0.399 e. The zero-order chi connectivity index (χ0) is 13.1. The second-order valence-corrected chi connectivity index (χ2v) is 4.58. The fourth-order valence-corrected chi connectivity index (χ4v) is 2.40. The molecule has 1 aromatic carbocycles. The van der Waals surface area contributed by atoms with Crippen molar-refractivity contribution in [2.45, 2.75) is 25.9 Å². The van der Waals surface area contributed by atoms with E-state index in [2.05, 4.69) is 10.2 Å². The van der Waals surface area contributed by atoms with Gasteiger partial charge in [0.15, 0.2) is 0 Å². The molecule has 0 saturated carbocycles. The van der Waals surface area contributed by atoms with Crippen molar-refractivity contribution in [3.05, 3.63) is 29.6 Å². The number of nitrogens with two attached hydrogens (primary N) is 1. The summed E-state index contributed by atoms with van der Waals surface area (Å²) in [6.45, 7) is 3.94. The van der Waals surface area contributed by atoms with E-state index >= 15 is 0 Å². The van der Waals surface area contributed by atoms with Gasteiger partial charge in [0, 0.05) is 25.3 Å². The summed E-state index contributed by atoms with van der Waals surface area (Å²) in [4.78, 5) is 13.8. The van der Waals surface area contributed by atoms with Gasteiger partial charge in [-0.2, -0.15) is 0 Å². The molecule has 0 aliphatic carbocycles. The Balaban J connectivity index is 2.14. The average molecular weight is 251 g/mol. The van der Waals surface area contributed by atoms with Crippen molar-refractivity contribution >= 4 is 11.6 Å². The highest BCUT2D eigenvalue weighted by Crippen LogP contribution is 2.16. The van der Waals surface area contributed by atoms with Crippen LogP contribution in [0.2, 0.25) is 0 Å². The average Bonchev–Trinajstić information content (AvgIpc) is 2.27. The lowest BCUT2D eigenvalue weighted by molar-refractivity contribution is -0.129. The van der Waals surface area contributed by atoms with Crippen LogP contribution in [0.5, 0.6) is 0 Å². The molecular weight excluding hydrogens is 233 g/mol. The lowest BCUT2D eigenvalue weighted by atomic mass is 10.1. The van der Waals surface area contributed by atoms with Gasteiger partial charge in [-0.1, -0.05) is 6.92 Å². The molecule has 1 amide bonds. The Morgan fingerprint density at radius 3 is 2.94 bits per heavy atom. The van der Waals surface area contributed by atoms with E-state index in [-0.39, 0.29) is 17.8 Å². The first-order valence-electron chi connectivity index (χ1n) is 6.17. The predicted molar refractivity (Wildman–Crippen MR) is 68.3 cm³/mol. The van der Waals surface area contributed by atoms with E-state index in [0.29, 0.717) is 18.8 Å². The normalized spacial score (nSPS) is 20.8. The van der Waals surface area contributed by atoms with Crippen molar-refractivity contribution in [3.8, 4) is 0 Å². The Labute approximate surface area is 106 Å². The van der Waals surface area contributed by atoms with Gasteiger partial charge in [0.1, 0.15) is 5.82 Å². The Kier molecular flexibility index (Phi) is 3.81. The van der Waals surface area contributed by atoms with Gasteiger partial charge in [-0.3, -0.25) is 9.69 Å². The zero-order valence-electron chi connectivity index (χ0n) is 10.4. The minimum absolute atomic E-state index is 0.0492. The first kappa shape index (κ1) is 12.8. The molecule has 1 aliphatic heterocycles. The Morgan fingerprint density at radius 2 is 2.28 bits per heavy atom. The second-order valence-electron chi connectivity index (χ2n) is 4.58. The fraction of sp³-hybridized carbons (Fsp3) is 0.462. The van der Waals surface area contributed by atoms with E-state index in [0.717, 1.165) is 18.5 Å². The first-order valence-corrected chi connectivity index (χ1v) is 6.17. The van der Waals surface area contributed by atoms with E-state index in [9.17, 15) is 9.18 Å². The number of carbonyl (C=O) groups excluding carboxylic acids is 1. The number of halogens is 1. The topological polar surface area (TPSA) is 58.4 Å².